The fourth-order valence-electron chi connectivity index (χ4n) is 2.49. The molecule has 0 bridgehead atoms. The van der Waals surface area contributed by atoms with Crippen LogP contribution < -0.4 is 10.6 Å². The molecule has 2 aromatic rings. The molecule has 3 rings (SSSR count). The normalized spacial score (nSPS) is 21.0. The molecule has 1 amide bonds. The number of carbonyl (C=O) groups is 1. The lowest BCUT2D eigenvalue weighted by Crippen LogP contribution is -2.44. The molecule has 104 valence electrons. The number of nitrogens with one attached hydrogen (secondary N) is 2. The Morgan fingerprint density at radius 1 is 1.25 bits per heavy atom. The van der Waals surface area contributed by atoms with E-state index in [2.05, 4.69) is 36.6 Å². The first-order valence-electron chi connectivity index (χ1n) is 6.75. The number of benzene rings is 2. The average molecular weight is 286 g/mol. The van der Waals surface area contributed by atoms with Gasteiger partial charge in [0.25, 0.3) is 0 Å². The van der Waals surface area contributed by atoms with Gasteiger partial charge in [-0.25, -0.2) is 0 Å². The minimum Gasteiger partial charge on any atom is -0.324 e. The van der Waals surface area contributed by atoms with Crippen LogP contribution in [0.3, 0.4) is 0 Å². The zero-order chi connectivity index (χ0) is 14.2. The summed E-state index contributed by atoms with van der Waals surface area (Å²) in [5.74, 6) is 0.850. The summed E-state index contributed by atoms with van der Waals surface area (Å²) >= 11 is 1.78. The van der Waals surface area contributed by atoms with Gasteiger partial charge in [-0.1, -0.05) is 36.4 Å². The van der Waals surface area contributed by atoms with E-state index in [4.69, 9.17) is 0 Å². The Kier molecular flexibility index (Phi) is 3.44. The zero-order valence-corrected chi connectivity index (χ0v) is 12.5. The lowest BCUT2D eigenvalue weighted by atomic mass is 10.1. The summed E-state index contributed by atoms with van der Waals surface area (Å²) in [6.45, 7) is 4.20. The highest BCUT2D eigenvalue weighted by Crippen LogP contribution is 2.30. The molecule has 2 N–H and O–H groups in total. The van der Waals surface area contributed by atoms with Gasteiger partial charge in [-0.15, -0.1) is 11.8 Å². The van der Waals surface area contributed by atoms with E-state index in [0.29, 0.717) is 0 Å². The van der Waals surface area contributed by atoms with Gasteiger partial charge >= 0.3 is 0 Å². The first-order valence-corrected chi connectivity index (χ1v) is 7.74. The Labute approximate surface area is 123 Å². The van der Waals surface area contributed by atoms with E-state index < -0.39 is 0 Å². The van der Waals surface area contributed by atoms with Crippen LogP contribution in [0.5, 0.6) is 0 Å². The van der Waals surface area contributed by atoms with Gasteiger partial charge < -0.3 is 5.32 Å². The third-order valence-corrected chi connectivity index (χ3v) is 4.84. The van der Waals surface area contributed by atoms with E-state index >= 15 is 0 Å². The van der Waals surface area contributed by atoms with Crippen molar-refractivity contribution in [2.45, 2.75) is 24.8 Å². The van der Waals surface area contributed by atoms with Gasteiger partial charge in [0.1, 0.15) is 0 Å². The number of hydrogen-bond acceptors (Lipinski definition) is 3. The first-order chi connectivity index (χ1) is 9.55. The van der Waals surface area contributed by atoms with Gasteiger partial charge in [-0.2, -0.15) is 0 Å². The van der Waals surface area contributed by atoms with Gasteiger partial charge in [-0.05, 0) is 25.3 Å². The maximum Gasteiger partial charge on any atom is 0.242 e. The van der Waals surface area contributed by atoms with Gasteiger partial charge in [0, 0.05) is 16.8 Å². The second-order valence-corrected chi connectivity index (χ2v) is 7.18. The van der Waals surface area contributed by atoms with Gasteiger partial charge in [0.2, 0.25) is 5.91 Å². The fourth-order valence-corrected chi connectivity index (χ4v) is 3.53. The number of carbonyl (C=O) groups excluding carboxylic acids is 1. The molecule has 0 unspecified atom stereocenters. The second kappa shape index (κ2) is 5.11. The van der Waals surface area contributed by atoms with Crippen LogP contribution in [-0.4, -0.2) is 22.6 Å². The highest BCUT2D eigenvalue weighted by Gasteiger charge is 2.34. The second-order valence-electron chi connectivity index (χ2n) is 5.53. The molecule has 2 aromatic carbocycles. The molecule has 0 radical (unpaired) electrons. The third kappa shape index (κ3) is 2.67. The monoisotopic (exact) mass is 286 g/mol. The topological polar surface area (TPSA) is 41.1 Å². The fraction of sp³-hybridized carbons (Fsp3) is 0.312. The van der Waals surface area contributed by atoms with E-state index in [9.17, 15) is 4.79 Å². The van der Waals surface area contributed by atoms with Crippen molar-refractivity contribution in [2.24, 2.45) is 0 Å². The quantitative estimate of drug-likeness (QED) is 0.890. The van der Waals surface area contributed by atoms with E-state index in [1.807, 2.05) is 30.3 Å². The standard InChI is InChI=1S/C16H18N2OS/c1-16(2)18-14(10-20-16)15(19)17-13-9-5-7-11-6-3-4-8-12(11)13/h3-9,14,18H,10H2,1-2H3,(H,17,19)/t14-/m1/s1. The Bertz CT molecular complexity index is 648. The van der Waals surface area contributed by atoms with E-state index in [-0.39, 0.29) is 16.8 Å². The Balaban J connectivity index is 1.82. The number of fused-ring (bicyclic) bond motifs is 1. The molecular weight excluding hydrogens is 268 g/mol. The summed E-state index contributed by atoms with van der Waals surface area (Å²) in [4.78, 5) is 12.3. The number of rotatable bonds is 2. The molecule has 0 aliphatic carbocycles. The lowest BCUT2D eigenvalue weighted by molar-refractivity contribution is -0.117. The predicted octanol–water partition coefficient (Wildman–Crippen LogP) is 3.22. The van der Waals surface area contributed by atoms with E-state index in [1.54, 1.807) is 11.8 Å². The third-order valence-electron chi connectivity index (χ3n) is 3.50. The highest BCUT2D eigenvalue weighted by molar-refractivity contribution is 8.00. The van der Waals surface area contributed by atoms with Crippen LogP contribution in [0.25, 0.3) is 10.8 Å². The van der Waals surface area contributed by atoms with Gasteiger partial charge in [0.15, 0.2) is 0 Å². The van der Waals surface area contributed by atoms with Crippen molar-refractivity contribution in [3.8, 4) is 0 Å². The summed E-state index contributed by atoms with van der Waals surface area (Å²) in [7, 11) is 0. The number of amides is 1. The van der Waals surface area contributed by atoms with Crippen molar-refractivity contribution in [3.05, 3.63) is 42.5 Å². The molecule has 1 saturated heterocycles. The Morgan fingerprint density at radius 2 is 2.00 bits per heavy atom. The van der Waals surface area contributed by atoms with Crippen molar-refractivity contribution in [2.75, 3.05) is 11.1 Å². The number of anilines is 1. The SMILES string of the molecule is CC1(C)N[C@@H](C(=O)Nc2cccc3ccccc23)CS1. The molecule has 4 heteroatoms. The minimum atomic E-state index is -0.131. The molecule has 3 nitrogen and oxygen atoms in total. The molecule has 20 heavy (non-hydrogen) atoms. The summed E-state index contributed by atoms with van der Waals surface area (Å²) < 4.78 is 0. The van der Waals surface area contributed by atoms with Crippen molar-refractivity contribution in [3.63, 3.8) is 0 Å². The zero-order valence-electron chi connectivity index (χ0n) is 11.6. The summed E-state index contributed by atoms with van der Waals surface area (Å²) in [5.41, 5.74) is 0.879. The maximum atomic E-state index is 12.4. The molecule has 1 aliphatic heterocycles. The number of hydrogen-bond donors (Lipinski definition) is 2. The smallest absolute Gasteiger partial charge is 0.242 e. The van der Waals surface area contributed by atoms with Crippen LogP contribution in [-0.2, 0) is 4.79 Å². The average Bonchev–Trinajstić information content (AvgIpc) is 2.80. The molecule has 0 aromatic heterocycles. The summed E-state index contributed by atoms with van der Waals surface area (Å²) in [6, 6.07) is 13.9. The first kappa shape index (κ1) is 13.5. The molecule has 1 heterocycles. The van der Waals surface area contributed by atoms with Crippen molar-refractivity contribution >= 4 is 34.1 Å². The van der Waals surface area contributed by atoms with Crippen LogP contribution in [0.2, 0.25) is 0 Å². The molecule has 1 atom stereocenters. The highest BCUT2D eigenvalue weighted by atomic mass is 32.2. The van der Waals surface area contributed by atoms with Crippen LogP contribution in [0.1, 0.15) is 13.8 Å². The van der Waals surface area contributed by atoms with Crippen molar-refractivity contribution in [1.82, 2.24) is 5.32 Å². The lowest BCUT2D eigenvalue weighted by Gasteiger charge is -2.18. The van der Waals surface area contributed by atoms with Gasteiger partial charge in [0.05, 0.1) is 10.9 Å². The Hall–Kier alpha value is -1.52. The van der Waals surface area contributed by atoms with E-state index in [1.165, 1.54) is 0 Å². The van der Waals surface area contributed by atoms with E-state index in [0.717, 1.165) is 22.2 Å². The van der Waals surface area contributed by atoms with Crippen LogP contribution in [0, 0.1) is 0 Å². The predicted molar refractivity (Wildman–Crippen MR) is 86.0 cm³/mol. The summed E-state index contributed by atoms with van der Waals surface area (Å²) in [5, 5.41) is 8.61. The molecular formula is C16H18N2OS. The minimum absolute atomic E-state index is 0.0270. The van der Waals surface area contributed by atoms with Crippen LogP contribution >= 0.6 is 11.8 Å². The van der Waals surface area contributed by atoms with Crippen LogP contribution in [0.15, 0.2) is 42.5 Å². The van der Waals surface area contributed by atoms with Crippen molar-refractivity contribution < 1.29 is 4.79 Å². The summed E-state index contributed by atoms with van der Waals surface area (Å²) in [6.07, 6.45) is 0. The molecule has 0 spiro atoms. The largest absolute Gasteiger partial charge is 0.324 e. The maximum absolute atomic E-state index is 12.4. The molecule has 0 saturated carbocycles. The molecule has 1 fully saturated rings. The molecule has 1 aliphatic rings. The van der Waals surface area contributed by atoms with Crippen molar-refractivity contribution in [1.29, 1.82) is 0 Å². The van der Waals surface area contributed by atoms with Gasteiger partial charge in [-0.3, -0.25) is 10.1 Å². The number of thioether (sulfide) groups is 1. The van der Waals surface area contributed by atoms with Crippen LogP contribution in [0.4, 0.5) is 5.69 Å². The Morgan fingerprint density at radius 3 is 2.75 bits per heavy atom.